The number of nitrogens with zero attached hydrogens (tertiary/aromatic N) is 1. The highest BCUT2D eigenvalue weighted by Gasteiger charge is 2.29. The molecule has 1 heterocycles. The first kappa shape index (κ1) is 14.1. The van der Waals surface area contributed by atoms with Gasteiger partial charge >= 0.3 is 0 Å². The van der Waals surface area contributed by atoms with Crippen molar-refractivity contribution in [2.45, 2.75) is 18.6 Å². The van der Waals surface area contributed by atoms with Gasteiger partial charge in [-0.05, 0) is 30.2 Å². The predicted molar refractivity (Wildman–Crippen MR) is 75.2 cm³/mol. The molecule has 0 spiro atoms. The van der Waals surface area contributed by atoms with Gasteiger partial charge in [-0.25, -0.2) is 0 Å². The summed E-state index contributed by atoms with van der Waals surface area (Å²) in [6.07, 6.45) is 1.32. The molecular weight excluding hydrogens is 271 g/mol. The highest BCUT2D eigenvalue weighted by Crippen LogP contribution is 2.31. The summed E-state index contributed by atoms with van der Waals surface area (Å²) >= 11 is 12.3. The lowest BCUT2D eigenvalue weighted by Crippen LogP contribution is -2.33. The Balaban J connectivity index is 2.20. The third-order valence-electron chi connectivity index (χ3n) is 3.49. The lowest BCUT2D eigenvalue weighted by Gasteiger charge is -2.27. The van der Waals surface area contributed by atoms with Gasteiger partial charge in [-0.2, -0.15) is 0 Å². The van der Waals surface area contributed by atoms with Gasteiger partial charge in [-0.3, -0.25) is 4.90 Å². The Bertz CT molecular complexity index is 414. The van der Waals surface area contributed by atoms with Gasteiger partial charge < -0.3 is 10.5 Å². The molecule has 2 rings (SSSR count). The first-order valence-electron chi connectivity index (χ1n) is 6.07. The van der Waals surface area contributed by atoms with E-state index in [1.54, 1.807) is 13.2 Å². The standard InChI is InChI=1S/C13H18Cl2N2O/c1-18-10-4-5-17(8-10)13(7-16)11-6-9(14)2-3-12(11)15/h2-3,6,10,13H,4-5,7-8,16H2,1H3. The third kappa shape index (κ3) is 2.98. The van der Waals surface area contributed by atoms with Crippen molar-refractivity contribution in [1.29, 1.82) is 0 Å². The Morgan fingerprint density at radius 1 is 1.50 bits per heavy atom. The summed E-state index contributed by atoms with van der Waals surface area (Å²) in [4.78, 5) is 2.31. The average Bonchev–Trinajstić information content (AvgIpc) is 2.83. The van der Waals surface area contributed by atoms with Crippen molar-refractivity contribution in [2.75, 3.05) is 26.7 Å². The molecule has 0 radical (unpaired) electrons. The van der Waals surface area contributed by atoms with Crippen LogP contribution in [-0.4, -0.2) is 37.7 Å². The van der Waals surface area contributed by atoms with Crippen LogP contribution in [0.15, 0.2) is 18.2 Å². The molecule has 1 saturated heterocycles. The van der Waals surface area contributed by atoms with Gasteiger partial charge in [-0.15, -0.1) is 0 Å². The summed E-state index contributed by atoms with van der Waals surface area (Å²) in [6.45, 7) is 2.39. The summed E-state index contributed by atoms with van der Waals surface area (Å²) in [5, 5.41) is 1.41. The number of likely N-dealkylation sites (tertiary alicyclic amines) is 1. The first-order chi connectivity index (χ1) is 8.65. The number of methoxy groups -OCH3 is 1. The second-order valence-electron chi connectivity index (χ2n) is 4.56. The van der Waals surface area contributed by atoms with Crippen LogP contribution in [-0.2, 0) is 4.74 Å². The molecule has 0 aromatic heterocycles. The van der Waals surface area contributed by atoms with Crippen molar-refractivity contribution < 1.29 is 4.74 Å². The Hall–Kier alpha value is -0.320. The van der Waals surface area contributed by atoms with Gasteiger partial charge in [0.15, 0.2) is 0 Å². The Morgan fingerprint density at radius 2 is 2.28 bits per heavy atom. The number of nitrogens with two attached hydrogens (primary N) is 1. The highest BCUT2D eigenvalue weighted by molar-refractivity contribution is 6.33. The maximum atomic E-state index is 6.25. The van der Waals surface area contributed by atoms with Crippen LogP contribution in [0.25, 0.3) is 0 Å². The maximum absolute atomic E-state index is 6.25. The van der Waals surface area contributed by atoms with Crippen LogP contribution in [0.1, 0.15) is 18.0 Å². The predicted octanol–water partition coefficient (Wildman–Crippen LogP) is 2.71. The largest absolute Gasteiger partial charge is 0.380 e. The lowest BCUT2D eigenvalue weighted by molar-refractivity contribution is 0.101. The zero-order chi connectivity index (χ0) is 13.1. The summed E-state index contributed by atoms with van der Waals surface area (Å²) < 4.78 is 5.38. The molecule has 1 aliphatic rings. The van der Waals surface area contributed by atoms with Crippen LogP contribution in [0.5, 0.6) is 0 Å². The SMILES string of the molecule is COC1CCN(C(CN)c2cc(Cl)ccc2Cl)C1. The van der Waals surface area contributed by atoms with Crippen molar-refractivity contribution in [3.63, 3.8) is 0 Å². The minimum atomic E-state index is 0.108. The van der Waals surface area contributed by atoms with Gasteiger partial charge in [-0.1, -0.05) is 23.2 Å². The summed E-state index contributed by atoms with van der Waals surface area (Å²) in [5.74, 6) is 0. The summed E-state index contributed by atoms with van der Waals surface area (Å²) in [7, 11) is 1.75. The zero-order valence-corrected chi connectivity index (χ0v) is 11.9. The summed E-state index contributed by atoms with van der Waals surface area (Å²) in [5.41, 5.74) is 6.91. The molecular formula is C13H18Cl2N2O. The zero-order valence-electron chi connectivity index (χ0n) is 10.4. The minimum absolute atomic E-state index is 0.108. The molecule has 5 heteroatoms. The number of rotatable bonds is 4. The lowest BCUT2D eigenvalue weighted by atomic mass is 10.1. The van der Waals surface area contributed by atoms with Crippen LogP contribution in [0.3, 0.4) is 0 Å². The van der Waals surface area contributed by atoms with E-state index < -0.39 is 0 Å². The van der Waals surface area contributed by atoms with Gasteiger partial charge in [0.25, 0.3) is 0 Å². The molecule has 2 unspecified atom stereocenters. The molecule has 1 aromatic carbocycles. The van der Waals surface area contributed by atoms with E-state index in [0.717, 1.165) is 30.1 Å². The van der Waals surface area contributed by atoms with Gasteiger partial charge in [0, 0.05) is 42.8 Å². The smallest absolute Gasteiger partial charge is 0.0710 e. The van der Waals surface area contributed by atoms with E-state index in [0.29, 0.717) is 11.6 Å². The second-order valence-corrected chi connectivity index (χ2v) is 5.40. The van der Waals surface area contributed by atoms with Crippen LogP contribution < -0.4 is 5.73 Å². The molecule has 0 aliphatic carbocycles. The van der Waals surface area contributed by atoms with Crippen molar-refractivity contribution in [3.8, 4) is 0 Å². The molecule has 0 saturated carbocycles. The quantitative estimate of drug-likeness (QED) is 0.926. The molecule has 2 N–H and O–H groups in total. The third-order valence-corrected chi connectivity index (χ3v) is 4.07. The molecule has 1 fully saturated rings. The second kappa shape index (κ2) is 6.22. The molecule has 0 amide bonds. The van der Waals surface area contributed by atoms with E-state index in [2.05, 4.69) is 4.90 Å². The molecule has 0 bridgehead atoms. The number of halogens is 2. The first-order valence-corrected chi connectivity index (χ1v) is 6.83. The number of ether oxygens (including phenoxy) is 1. The van der Waals surface area contributed by atoms with Crippen molar-refractivity contribution in [1.82, 2.24) is 4.90 Å². The Morgan fingerprint density at radius 3 is 2.89 bits per heavy atom. The molecule has 18 heavy (non-hydrogen) atoms. The van der Waals surface area contributed by atoms with Gasteiger partial charge in [0.1, 0.15) is 0 Å². The minimum Gasteiger partial charge on any atom is -0.380 e. The van der Waals surface area contributed by atoms with Crippen molar-refractivity contribution in [2.24, 2.45) is 5.73 Å². The van der Waals surface area contributed by atoms with E-state index in [1.165, 1.54) is 0 Å². The molecule has 3 nitrogen and oxygen atoms in total. The van der Waals surface area contributed by atoms with E-state index in [-0.39, 0.29) is 12.1 Å². The van der Waals surface area contributed by atoms with Crippen LogP contribution in [0.2, 0.25) is 10.0 Å². The number of hydrogen-bond donors (Lipinski definition) is 1. The van der Waals surface area contributed by atoms with E-state index in [1.807, 2.05) is 12.1 Å². The average molecular weight is 289 g/mol. The van der Waals surface area contributed by atoms with Crippen molar-refractivity contribution >= 4 is 23.2 Å². The van der Waals surface area contributed by atoms with Crippen molar-refractivity contribution in [3.05, 3.63) is 33.8 Å². The molecule has 1 aliphatic heterocycles. The van der Waals surface area contributed by atoms with E-state index >= 15 is 0 Å². The van der Waals surface area contributed by atoms with Crippen LogP contribution >= 0.6 is 23.2 Å². The highest BCUT2D eigenvalue weighted by atomic mass is 35.5. The van der Waals surface area contributed by atoms with E-state index in [9.17, 15) is 0 Å². The van der Waals surface area contributed by atoms with Crippen LogP contribution in [0.4, 0.5) is 0 Å². The van der Waals surface area contributed by atoms with E-state index in [4.69, 9.17) is 33.7 Å². The summed E-state index contributed by atoms with van der Waals surface area (Å²) in [6, 6.07) is 5.63. The fraction of sp³-hybridized carbons (Fsp3) is 0.538. The van der Waals surface area contributed by atoms with Gasteiger partial charge in [0.2, 0.25) is 0 Å². The molecule has 100 valence electrons. The fourth-order valence-corrected chi connectivity index (χ4v) is 2.90. The molecule has 2 atom stereocenters. The Kier molecular flexibility index (Phi) is 4.87. The monoisotopic (exact) mass is 288 g/mol. The van der Waals surface area contributed by atoms with Crippen LogP contribution in [0, 0.1) is 0 Å². The fourth-order valence-electron chi connectivity index (χ4n) is 2.47. The maximum Gasteiger partial charge on any atom is 0.0710 e. The number of benzene rings is 1. The van der Waals surface area contributed by atoms with Gasteiger partial charge in [0.05, 0.1) is 6.10 Å². The normalized spacial score (nSPS) is 22.3. The molecule has 1 aromatic rings. The number of hydrogen-bond acceptors (Lipinski definition) is 3. The topological polar surface area (TPSA) is 38.5 Å². The Labute approximate surface area is 118 Å².